The summed E-state index contributed by atoms with van der Waals surface area (Å²) < 4.78 is 18.8. The summed E-state index contributed by atoms with van der Waals surface area (Å²) in [6, 6.07) is 1.03. The van der Waals surface area contributed by atoms with E-state index in [-0.39, 0.29) is 5.95 Å². The number of aromatic nitrogens is 6. The Morgan fingerprint density at radius 2 is 1.97 bits per heavy atom. The van der Waals surface area contributed by atoms with E-state index in [0.717, 1.165) is 54.4 Å². The summed E-state index contributed by atoms with van der Waals surface area (Å²) in [5.41, 5.74) is 7.60. The van der Waals surface area contributed by atoms with Crippen LogP contribution in [0.2, 0.25) is 0 Å². The Hall–Kier alpha value is -2.93. The normalized spacial score (nSPS) is 27.0. The van der Waals surface area contributed by atoms with Crippen molar-refractivity contribution in [3.8, 4) is 11.4 Å². The van der Waals surface area contributed by atoms with E-state index in [9.17, 15) is 0 Å². The number of nitrogens with zero attached hydrogens (tertiary/aromatic N) is 7. The van der Waals surface area contributed by atoms with E-state index < -0.39 is 5.60 Å². The predicted octanol–water partition coefficient (Wildman–Crippen LogP) is 2.13. The van der Waals surface area contributed by atoms with Crippen LogP contribution in [0, 0.1) is 5.92 Å². The molecule has 3 aromatic rings. The standard InChI is InChI=1S/C21H26N8O2.C6H13NO/c1-21(2)19-25-15-17(28(19)4-5-31-21)26-16(12-8-23-20(22)24-9-12)27-18(15)29-10-11-6-13(29)7-14(11)30-3;1-8-5-6-3-2-4-7-6/h8-9,11,13-14H,4-7,10H2,1-3H3,(H2,22,23,24);6-7H,2-5H2,1H3/t11?,13?,14-;/m0./s1. The molecule has 3 aromatic heterocycles. The molecule has 3 fully saturated rings. The number of fused-ring (bicyclic) bond motifs is 5. The highest BCUT2D eigenvalue weighted by atomic mass is 16.5. The number of ether oxygens (including phenoxy) is 3. The number of methoxy groups -OCH3 is 2. The van der Waals surface area contributed by atoms with Gasteiger partial charge in [-0.3, -0.25) is 0 Å². The number of hydrogen-bond acceptors (Lipinski definition) is 11. The number of rotatable bonds is 5. The molecule has 1 aliphatic carbocycles. The van der Waals surface area contributed by atoms with Gasteiger partial charge in [0, 0.05) is 57.7 Å². The van der Waals surface area contributed by atoms with E-state index in [1.807, 2.05) is 21.0 Å². The molecule has 12 nitrogen and oxygen atoms in total. The summed E-state index contributed by atoms with van der Waals surface area (Å²) in [5.74, 6) is 3.08. The quantitative estimate of drug-likeness (QED) is 0.495. The molecule has 3 aliphatic heterocycles. The molecule has 3 N–H and O–H groups in total. The maximum atomic E-state index is 6.00. The third-order valence-electron chi connectivity index (χ3n) is 8.40. The topological polar surface area (TPSA) is 138 Å². The fraction of sp³-hybridized carbons (Fsp3) is 0.667. The van der Waals surface area contributed by atoms with Crippen molar-refractivity contribution in [2.24, 2.45) is 5.92 Å². The van der Waals surface area contributed by atoms with Crippen LogP contribution in [0.3, 0.4) is 0 Å². The van der Waals surface area contributed by atoms with Crippen molar-refractivity contribution in [3.05, 3.63) is 18.2 Å². The minimum Gasteiger partial charge on any atom is -0.383 e. The number of nitrogen functional groups attached to an aromatic ring is 1. The highest BCUT2D eigenvalue weighted by molar-refractivity contribution is 5.87. The first-order chi connectivity index (χ1) is 18.9. The van der Waals surface area contributed by atoms with Crippen LogP contribution in [0.5, 0.6) is 0 Å². The van der Waals surface area contributed by atoms with Crippen LogP contribution in [0.4, 0.5) is 11.8 Å². The fourth-order valence-corrected chi connectivity index (χ4v) is 6.45. The van der Waals surface area contributed by atoms with Gasteiger partial charge >= 0.3 is 0 Å². The van der Waals surface area contributed by atoms with Crippen molar-refractivity contribution in [2.45, 2.75) is 69.9 Å². The second kappa shape index (κ2) is 10.6. The number of piperidine rings is 1. The molecule has 4 aliphatic rings. The first-order valence-electron chi connectivity index (χ1n) is 13.9. The minimum atomic E-state index is -0.480. The van der Waals surface area contributed by atoms with Gasteiger partial charge in [0.25, 0.3) is 0 Å². The third-order valence-corrected chi connectivity index (χ3v) is 8.40. The number of imidazole rings is 1. The van der Waals surface area contributed by atoms with Crippen molar-refractivity contribution >= 4 is 22.9 Å². The lowest BCUT2D eigenvalue weighted by atomic mass is 10.1. The summed E-state index contributed by atoms with van der Waals surface area (Å²) in [7, 11) is 3.56. The van der Waals surface area contributed by atoms with Crippen molar-refractivity contribution < 1.29 is 14.2 Å². The minimum absolute atomic E-state index is 0.230. The van der Waals surface area contributed by atoms with Gasteiger partial charge in [0.2, 0.25) is 5.95 Å². The van der Waals surface area contributed by atoms with Crippen LogP contribution in [-0.4, -0.2) is 88.2 Å². The molecular formula is C27H39N9O3. The molecule has 3 unspecified atom stereocenters. The zero-order chi connectivity index (χ0) is 27.1. The Morgan fingerprint density at radius 3 is 2.64 bits per heavy atom. The van der Waals surface area contributed by atoms with E-state index in [1.165, 1.54) is 19.4 Å². The van der Waals surface area contributed by atoms with Crippen LogP contribution < -0.4 is 16.0 Å². The molecule has 2 saturated heterocycles. The van der Waals surface area contributed by atoms with Gasteiger partial charge in [-0.15, -0.1) is 0 Å². The van der Waals surface area contributed by atoms with Gasteiger partial charge in [0.1, 0.15) is 11.4 Å². The second-order valence-corrected chi connectivity index (χ2v) is 11.4. The summed E-state index contributed by atoms with van der Waals surface area (Å²) in [6.45, 7) is 8.39. The van der Waals surface area contributed by atoms with Crippen LogP contribution in [0.15, 0.2) is 12.4 Å². The van der Waals surface area contributed by atoms with Crippen molar-refractivity contribution in [1.29, 1.82) is 0 Å². The monoisotopic (exact) mass is 537 g/mol. The molecule has 6 heterocycles. The zero-order valence-electron chi connectivity index (χ0n) is 23.3. The smallest absolute Gasteiger partial charge is 0.219 e. The van der Waals surface area contributed by atoms with Gasteiger partial charge in [-0.2, -0.15) is 0 Å². The average molecular weight is 538 g/mol. The molecule has 0 radical (unpaired) electrons. The van der Waals surface area contributed by atoms with Gasteiger partial charge in [-0.1, -0.05) is 0 Å². The molecule has 2 bridgehead atoms. The maximum absolute atomic E-state index is 6.00. The lowest BCUT2D eigenvalue weighted by molar-refractivity contribution is -0.0530. The van der Waals surface area contributed by atoms with Crippen LogP contribution in [0.25, 0.3) is 22.6 Å². The van der Waals surface area contributed by atoms with Gasteiger partial charge < -0.3 is 34.7 Å². The first-order valence-corrected chi connectivity index (χ1v) is 13.9. The number of anilines is 2. The van der Waals surface area contributed by atoms with Gasteiger partial charge in [-0.05, 0) is 46.1 Å². The lowest BCUT2D eigenvalue weighted by Crippen LogP contribution is -2.39. The average Bonchev–Trinajstić information content (AvgIpc) is 3.73. The van der Waals surface area contributed by atoms with Crippen LogP contribution >= 0.6 is 0 Å². The SMILES string of the molecule is COCC1CCCN1.CO[C@H]1CC2CC1CN2c1nc(-c2cnc(N)nc2)nc2c1nc1n2CCOC1(C)C. The molecule has 7 rings (SSSR count). The van der Waals surface area contributed by atoms with Crippen molar-refractivity contribution in [1.82, 2.24) is 34.8 Å². The molecule has 4 atom stereocenters. The van der Waals surface area contributed by atoms with Gasteiger partial charge in [0.15, 0.2) is 22.8 Å². The van der Waals surface area contributed by atoms with Crippen LogP contribution in [0.1, 0.15) is 45.4 Å². The lowest BCUT2D eigenvalue weighted by Gasteiger charge is -2.32. The summed E-state index contributed by atoms with van der Waals surface area (Å²) in [4.78, 5) is 25.5. The molecule has 0 amide bonds. The van der Waals surface area contributed by atoms with Crippen molar-refractivity contribution in [2.75, 3.05) is 51.2 Å². The first kappa shape index (κ1) is 26.3. The Morgan fingerprint density at radius 1 is 1.15 bits per heavy atom. The third kappa shape index (κ3) is 4.94. The van der Waals surface area contributed by atoms with Gasteiger partial charge in [-0.25, -0.2) is 24.9 Å². The highest BCUT2D eigenvalue weighted by Crippen LogP contribution is 2.44. The van der Waals surface area contributed by atoms with E-state index in [0.29, 0.717) is 43.1 Å². The molecular weight excluding hydrogens is 498 g/mol. The van der Waals surface area contributed by atoms with Crippen molar-refractivity contribution in [3.63, 3.8) is 0 Å². The Kier molecular flexibility index (Phi) is 7.13. The zero-order valence-corrected chi connectivity index (χ0v) is 23.3. The summed E-state index contributed by atoms with van der Waals surface area (Å²) >= 11 is 0. The summed E-state index contributed by atoms with van der Waals surface area (Å²) in [5, 5.41) is 3.33. The fourth-order valence-electron chi connectivity index (χ4n) is 6.45. The Labute approximate surface area is 228 Å². The number of nitrogens with two attached hydrogens (primary N) is 1. The molecule has 0 spiro atoms. The molecule has 210 valence electrons. The maximum Gasteiger partial charge on any atom is 0.219 e. The van der Waals surface area contributed by atoms with E-state index in [2.05, 4.69) is 24.8 Å². The molecule has 12 heteroatoms. The molecule has 1 saturated carbocycles. The Bertz CT molecular complexity index is 1310. The molecule has 39 heavy (non-hydrogen) atoms. The second-order valence-electron chi connectivity index (χ2n) is 11.4. The predicted molar refractivity (Wildman–Crippen MR) is 147 cm³/mol. The summed E-state index contributed by atoms with van der Waals surface area (Å²) in [6.07, 6.45) is 8.39. The number of nitrogens with one attached hydrogen (secondary N) is 1. The van der Waals surface area contributed by atoms with Crippen LogP contribution in [-0.2, 0) is 26.4 Å². The van der Waals surface area contributed by atoms with E-state index in [4.69, 9.17) is 34.9 Å². The largest absolute Gasteiger partial charge is 0.383 e. The number of hydrogen-bond donors (Lipinski definition) is 2. The molecule has 0 aromatic carbocycles. The Balaban J connectivity index is 0.000000299. The highest BCUT2D eigenvalue weighted by Gasteiger charge is 2.46. The van der Waals surface area contributed by atoms with E-state index in [1.54, 1.807) is 19.5 Å². The van der Waals surface area contributed by atoms with E-state index >= 15 is 0 Å². The van der Waals surface area contributed by atoms with Gasteiger partial charge in [0.05, 0.1) is 24.9 Å².